The Labute approximate surface area is 177 Å². The number of hydrogen-bond acceptors (Lipinski definition) is 5. The summed E-state index contributed by atoms with van der Waals surface area (Å²) >= 11 is 1.62. The van der Waals surface area contributed by atoms with Gasteiger partial charge in [-0.2, -0.15) is 0 Å². The molecule has 0 saturated heterocycles. The summed E-state index contributed by atoms with van der Waals surface area (Å²) in [5, 5.41) is 0.728. The molecule has 0 bridgehead atoms. The third-order valence-corrected chi connectivity index (χ3v) is 6.77. The van der Waals surface area contributed by atoms with Crippen LogP contribution in [0.5, 0.6) is 5.75 Å². The zero-order valence-electron chi connectivity index (χ0n) is 17.1. The highest BCUT2D eigenvalue weighted by molar-refractivity contribution is 7.18. The van der Waals surface area contributed by atoms with Crippen LogP contribution in [0, 0.1) is 5.82 Å². The zero-order valence-corrected chi connectivity index (χ0v) is 17.9. The Hall–Kier alpha value is -2.74. The van der Waals surface area contributed by atoms with E-state index in [0.717, 1.165) is 41.5 Å². The van der Waals surface area contributed by atoms with Crippen molar-refractivity contribution in [1.29, 1.82) is 0 Å². The van der Waals surface area contributed by atoms with Crippen LogP contribution in [-0.2, 0) is 30.7 Å². The Kier molecular flexibility index (Phi) is 5.85. The van der Waals surface area contributed by atoms with Crippen LogP contribution >= 0.6 is 11.3 Å². The molecule has 0 unspecified atom stereocenters. The Morgan fingerprint density at radius 1 is 1.33 bits per heavy atom. The molecule has 0 N–H and O–H groups in total. The largest absolute Gasteiger partial charge is 0.494 e. The lowest BCUT2D eigenvalue weighted by atomic mass is 9.97. The Morgan fingerprint density at radius 2 is 2.13 bits per heavy atom. The number of thiophene rings is 1. The zero-order chi connectivity index (χ0) is 21.3. The molecule has 0 aliphatic heterocycles. The van der Waals surface area contributed by atoms with Crippen LogP contribution in [0.15, 0.2) is 29.3 Å². The number of carbonyl (C=O) groups is 1. The molecule has 1 aromatic carbocycles. The number of amides is 1. The maximum atomic E-state index is 13.9. The molecule has 8 heteroatoms. The van der Waals surface area contributed by atoms with Gasteiger partial charge in [0.15, 0.2) is 11.6 Å². The van der Waals surface area contributed by atoms with Crippen molar-refractivity contribution in [2.24, 2.45) is 0 Å². The number of aryl methyl sites for hydroxylation is 3. The van der Waals surface area contributed by atoms with Gasteiger partial charge in [0.1, 0.15) is 4.83 Å². The molecule has 2 heterocycles. The Balaban J connectivity index is 1.44. The first-order valence-corrected chi connectivity index (χ1v) is 10.9. The van der Waals surface area contributed by atoms with Crippen molar-refractivity contribution in [3.8, 4) is 5.75 Å². The molecular weight excluding hydrogens is 405 g/mol. The van der Waals surface area contributed by atoms with E-state index in [1.165, 1.54) is 27.5 Å². The predicted octanol–water partition coefficient (Wildman–Crippen LogP) is 3.53. The highest BCUT2D eigenvalue weighted by atomic mass is 32.1. The first-order valence-electron chi connectivity index (χ1n) is 10.0. The lowest BCUT2D eigenvalue weighted by molar-refractivity contribution is -0.130. The maximum absolute atomic E-state index is 13.9. The standard InChI is InChI=1S/C22H24FN3O3S/c1-25(12-14-7-8-17(29-2)16(23)11-14)19(27)9-10-26-13-24-21-20(22(26)28)15-5-3-4-6-18(15)30-21/h7-8,11,13H,3-6,9-10,12H2,1-2H3. The first-order chi connectivity index (χ1) is 14.5. The van der Waals surface area contributed by atoms with Crippen molar-refractivity contribution in [2.75, 3.05) is 14.2 Å². The summed E-state index contributed by atoms with van der Waals surface area (Å²) in [6.45, 7) is 0.552. The summed E-state index contributed by atoms with van der Waals surface area (Å²) in [6, 6.07) is 4.64. The number of carbonyl (C=O) groups excluding carboxylic acids is 1. The van der Waals surface area contributed by atoms with Crippen LogP contribution in [0.4, 0.5) is 4.39 Å². The molecule has 1 aliphatic rings. The molecule has 0 spiro atoms. The summed E-state index contributed by atoms with van der Waals surface area (Å²) < 4.78 is 20.3. The molecule has 2 aromatic heterocycles. The SMILES string of the molecule is COc1ccc(CN(C)C(=O)CCn2cnc3sc4c(c3c2=O)CCCC4)cc1F. The number of fused-ring (bicyclic) bond motifs is 3. The van der Waals surface area contributed by atoms with E-state index in [2.05, 4.69) is 4.98 Å². The third kappa shape index (κ3) is 3.96. The lowest BCUT2D eigenvalue weighted by Crippen LogP contribution is -2.29. The highest BCUT2D eigenvalue weighted by Crippen LogP contribution is 2.33. The molecular formula is C22H24FN3O3S. The Morgan fingerprint density at radius 3 is 2.90 bits per heavy atom. The van der Waals surface area contributed by atoms with Gasteiger partial charge in [-0.05, 0) is 48.9 Å². The van der Waals surface area contributed by atoms with Gasteiger partial charge in [-0.3, -0.25) is 14.2 Å². The minimum Gasteiger partial charge on any atom is -0.494 e. The average Bonchev–Trinajstić information content (AvgIpc) is 3.12. The number of methoxy groups -OCH3 is 1. The molecule has 1 aliphatic carbocycles. The van der Waals surface area contributed by atoms with E-state index >= 15 is 0 Å². The molecule has 4 rings (SSSR count). The first kappa shape index (κ1) is 20.5. The quantitative estimate of drug-likeness (QED) is 0.601. The maximum Gasteiger partial charge on any atom is 0.262 e. The summed E-state index contributed by atoms with van der Waals surface area (Å²) in [5.41, 5.74) is 1.76. The fourth-order valence-electron chi connectivity index (χ4n) is 3.92. The smallest absolute Gasteiger partial charge is 0.262 e. The number of rotatable bonds is 6. The molecule has 6 nitrogen and oxygen atoms in total. The van der Waals surface area contributed by atoms with E-state index in [0.29, 0.717) is 5.56 Å². The molecule has 0 atom stereocenters. The van der Waals surface area contributed by atoms with Crippen molar-refractivity contribution < 1.29 is 13.9 Å². The normalized spacial score (nSPS) is 13.3. The number of halogens is 1. The van der Waals surface area contributed by atoms with Crippen LogP contribution in [0.2, 0.25) is 0 Å². The van der Waals surface area contributed by atoms with Gasteiger partial charge < -0.3 is 9.64 Å². The summed E-state index contributed by atoms with van der Waals surface area (Å²) in [7, 11) is 3.08. The van der Waals surface area contributed by atoms with Gasteiger partial charge in [-0.1, -0.05) is 6.07 Å². The minimum absolute atomic E-state index is 0.0629. The number of benzene rings is 1. The molecule has 0 saturated carbocycles. The second kappa shape index (κ2) is 8.55. The highest BCUT2D eigenvalue weighted by Gasteiger charge is 2.20. The van der Waals surface area contributed by atoms with Gasteiger partial charge in [0.25, 0.3) is 5.56 Å². The van der Waals surface area contributed by atoms with Gasteiger partial charge in [0, 0.05) is 31.4 Å². The topological polar surface area (TPSA) is 64.4 Å². The molecule has 0 radical (unpaired) electrons. The number of hydrogen-bond donors (Lipinski definition) is 0. The van der Waals surface area contributed by atoms with Crippen LogP contribution < -0.4 is 10.3 Å². The molecule has 0 fully saturated rings. The molecule has 30 heavy (non-hydrogen) atoms. The van der Waals surface area contributed by atoms with Gasteiger partial charge in [-0.15, -0.1) is 11.3 Å². The van der Waals surface area contributed by atoms with Crippen molar-refractivity contribution in [2.45, 2.75) is 45.2 Å². The fourth-order valence-corrected chi connectivity index (χ4v) is 5.14. The van der Waals surface area contributed by atoms with Gasteiger partial charge >= 0.3 is 0 Å². The Bertz CT molecular complexity index is 1150. The monoisotopic (exact) mass is 429 g/mol. The van der Waals surface area contributed by atoms with Crippen molar-refractivity contribution in [3.05, 3.63) is 56.7 Å². The summed E-state index contributed by atoms with van der Waals surface area (Å²) in [4.78, 5) is 33.6. The van der Waals surface area contributed by atoms with E-state index in [9.17, 15) is 14.0 Å². The number of aromatic nitrogens is 2. The van der Waals surface area contributed by atoms with Gasteiger partial charge in [0.2, 0.25) is 5.91 Å². The second-order valence-electron chi connectivity index (χ2n) is 7.60. The van der Waals surface area contributed by atoms with Crippen LogP contribution in [0.3, 0.4) is 0 Å². The van der Waals surface area contributed by atoms with Gasteiger partial charge in [0.05, 0.1) is 18.8 Å². The molecule has 1 amide bonds. The summed E-state index contributed by atoms with van der Waals surface area (Å²) in [5.74, 6) is -0.406. The number of ether oxygens (including phenoxy) is 1. The van der Waals surface area contributed by atoms with E-state index in [-0.39, 0.29) is 36.7 Å². The van der Waals surface area contributed by atoms with Gasteiger partial charge in [-0.25, -0.2) is 9.37 Å². The van der Waals surface area contributed by atoms with E-state index in [4.69, 9.17) is 4.74 Å². The van der Waals surface area contributed by atoms with Crippen LogP contribution in [0.25, 0.3) is 10.2 Å². The van der Waals surface area contributed by atoms with E-state index < -0.39 is 5.82 Å². The van der Waals surface area contributed by atoms with E-state index in [1.807, 2.05) is 0 Å². The van der Waals surface area contributed by atoms with Crippen LogP contribution in [-0.4, -0.2) is 34.5 Å². The van der Waals surface area contributed by atoms with Crippen molar-refractivity contribution in [3.63, 3.8) is 0 Å². The molecule has 3 aromatic rings. The average molecular weight is 430 g/mol. The minimum atomic E-state index is -0.458. The fraction of sp³-hybridized carbons (Fsp3) is 0.409. The number of nitrogens with zero attached hydrogens (tertiary/aromatic N) is 3. The van der Waals surface area contributed by atoms with E-state index in [1.54, 1.807) is 36.8 Å². The van der Waals surface area contributed by atoms with Crippen LogP contribution in [0.1, 0.15) is 35.3 Å². The van der Waals surface area contributed by atoms with Crippen molar-refractivity contribution in [1.82, 2.24) is 14.5 Å². The third-order valence-electron chi connectivity index (χ3n) is 5.57. The summed E-state index contributed by atoms with van der Waals surface area (Å²) in [6.07, 6.45) is 5.92. The lowest BCUT2D eigenvalue weighted by Gasteiger charge is -2.18. The molecule has 158 valence electrons. The second-order valence-corrected chi connectivity index (χ2v) is 8.69. The van der Waals surface area contributed by atoms with Crippen molar-refractivity contribution >= 4 is 27.5 Å². The predicted molar refractivity (Wildman–Crippen MR) is 115 cm³/mol.